The minimum absolute atomic E-state index is 0.101. The van der Waals surface area contributed by atoms with Gasteiger partial charge >= 0.3 is 0 Å². The molecule has 0 saturated heterocycles. The van der Waals surface area contributed by atoms with Crippen molar-refractivity contribution in [2.24, 2.45) is 0 Å². The zero-order valence-corrected chi connectivity index (χ0v) is 15.8. The van der Waals surface area contributed by atoms with Gasteiger partial charge in [-0.05, 0) is 36.4 Å². The summed E-state index contributed by atoms with van der Waals surface area (Å²) >= 11 is 11.8. The topological polar surface area (TPSA) is 125 Å². The fourth-order valence-corrected chi connectivity index (χ4v) is 2.96. The maximum absolute atomic E-state index is 10.3. The van der Waals surface area contributed by atoms with Crippen LogP contribution in [0.15, 0.2) is 42.5 Å². The molecule has 0 radical (unpaired) electrons. The molecule has 0 aliphatic carbocycles. The molecule has 28 heavy (non-hydrogen) atoms. The van der Waals surface area contributed by atoms with Crippen molar-refractivity contribution in [2.75, 3.05) is 10.6 Å². The van der Waals surface area contributed by atoms with Crippen LogP contribution in [0.5, 0.6) is 23.0 Å². The molecule has 0 unspecified atom stereocenters. The second-order valence-corrected chi connectivity index (χ2v) is 6.70. The summed E-state index contributed by atoms with van der Waals surface area (Å²) in [4.78, 5) is 0. The zero-order valence-electron chi connectivity index (χ0n) is 14.2. The number of nitrogens with one attached hydrogen (secondary N) is 2. The van der Waals surface area contributed by atoms with Crippen molar-refractivity contribution < 1.29 is 25.5 Å². The number of aliphatic hydroxyl groups excluding tert-OH is 1. The molecular formula is C19H16Cl2N2O5. The lowest BCUT2D eigenvalue weighted by molar-refractivity contribution is 0.282. The molecule has 0 bridgehead atoms. The number of hydrogen-bond donors (Lipinski definition) is 7. The molecule has 146 valence electrons. The third-order valence-electron chi connectivity index (χ3n) is 3.98. The molecule has 3 rings (SSSR count). The van der Waals surface area contributed by atoms with E-state index in [0.29, 0.717) is 11.4 Å². The summed E-state index contributed by atoms with van der Waals surface area (Å²) in [5.74, 6) is -0.813. The summed E-state index contributed by atoms with van der Waals surface area (Å²) in [5, 5.41) is 55.5. The summed E-state index contributed by atoms with van der Waals surface area (Å²) in [5.41, 5.74) is 1.32. The first kappa shape index (κ1) is 19.8. The first-order valence-electron chi connectivity index (χ1n) is 8.00. The smallest absolute Gasteiger partial charge is 0.143 e. The monoisotopic (exact) mass is 422 g/mol. The molecule has 0 aliphatic rings. The second-order valence-electron chi connectivity index (χ2n) is 5.88. The van der Waals surface area contributed by atoms with Crippen LogP contribution in [-0.2, 0) is 6.61 Å². The van der Waals surface area contributed by atoms with Crippen molar-refractivity contribution in [1.29, 1.82) is 0 Å². The van der Waals surface area contributed by atoms with E-state index in [0.717, 1.165) is 6.07 Å². The minimum atomic E-state index is -0.524. The zero-order chi connectivity index (χ0) is 20.4. The Hall–Kier alpha value is -3.00. The lowest BCUT2D eigenvalue weighted by Gasteiger charge is -2.19. The van der Waals surface area contributed by atoms with Crippen molar-refractivity contribution in [2.45, 2.75) is 6.61 Å². The van der Waals surface area contributed by atoms with Gasteiger partial charge in [0.25, 0.3) is 0 Å². The molecule has 3 aromatic carbocycles. The Balaban J connectivity index is 2.04. The number of rotatable bonds is 5. The van der Waals surface area contributed by atoms with Crippen LogP contribution in [-0.4, -0.2) is 25.5 Å². The standard InChI is InChI=1S/C19H16Cl2N2O5/c20-12-5-9(1-3-14(12)25)22-18-11(8-24)19(17(28)7-16(18)27)23-10-2-4-15(26)13(21)6-10/h1-7,22-28H,8H2. The van der Waals surface area contributed by atoms with Gasteiger partial charge < -0.3 is 36.2 Å². The predicted molar refractivity (Wildman–Crippen MR) is 108 cm³/mol. The Morgan fingerprint density at radius 1 is 0.643 bits per heavy atom. The number of hydrogen-bond acceptors (Lipinski definition) is 7. The van der Waals surface area contributed by atoms with Gasteiger partial charge in [-0.3, -0.25) is 0 Å². The molecule has 0 spiro atoms. The Morgan fingerprint density at radius 3 is 1.43 bits per heavy atom. The van der Waals surface area contributed by atoms with Crippen LogP contribution in [0.3, 0.4) is 0 Å². The molecular weight excluding hydrogens is 407 g/mol. The lowest BCUT2D eigenvalue weighted by atomic mass is 10.1. The number of aromatic hydroxyl groups is 4. The molecule has 0 amide bonds. The van der Waals surface area contributed by atoms with Gasteiger partial charge in [0.05, 0.1) is 28.0 Å². The maximum Gasteiger partial charge on any atom is 0.143 e. The van der Waals surface area contributed by atoms with Crippen molar-refractivity contribution in [3.8, 4) is 23.0 Å². The number of halogens is 2. The summed E-state index contributed by atoms with van der Waals surface area (Å²) < 4.78 is 0. The first-order chi connectivity index (χ1) is 13.3. The van der Waals surface area contributed by atoms with Gasteiger partial charge in [0.2, 0.25) is 0 Å². The molecule has 0 fully saturated rings. The van der Waals surface area contributed by atoms with Gasteiger partial charge in [-0.15, -0.1) is 0 Å². The molecule has 3 aromatic rings. The van der Waals surface area contributed by atoms with Gasteiger partial charge in [-0.1, -0.05) is 23.2 Å². The van der Waals surface area contributed by atoms with E-state index in [1.807, 2.05) is 0 Å². The SMILES string of the molecule is OCc1c(Nc2ccc(O)c(Cl)c2)c(O)cc(O)c1Nc1ccc(O)c(Cl)c1. The minimum Gasteiger partial charge on any atom is -0.506 e. The highest BCUT2D eigenvalue weighted by atomic mass is 35.5. The summed E-state index contributed by atoms with van der Waals surface area (Å²) in [6, 6.07) is 9.79. The molecule has 0 aromatic heterocycles. The van der Waals surface area contributed by atoms with Crippen molar-refractivity contribution in [1.82, 2.24) is 0 Å². The Labute approximate surface area is 170 Å². The van der Waals surface area contributed by atoms with E-state index in [-0.39, 0.29) is 50.0 Å². The van der Waals surface area contributed by atoms with Crippen LogP contribution in [0.2, 0.25) is 10.0 Å². The summed E-state index contributed by atoms with van der Waals surface area (Å²) in [6.07, 6.45) is 0. The van der Waals surface area contributed by atoms with E-state index in [9.17, 15) is 25.5 Å². The average molecular weight is 423 g/mol. The van der Waals surface area contributed by atoms with Gasteiger partial charge in [-0.2, -0.15) is 0 Å². The van der Waals surface area contributed by atoms with Crippen molar-refractivity contribution in [3.63, 3.8) is 0 Å². The highest BCUT2D eigenvalue weighted by Gasteiger charge is 2.18. The van der Waals surface area contributed by atoms with E-state index in [2.05, 4.69) is 10.6 Å². The summed E-state index contributed by atoms with van der Waals surface area (Å²) in [7, 11) is 0. The van der Waals surface area contributed by atoms with E-state index in [1.54, 1.807) is 0 Å². The third kappa shape index (κ3) is 3.96. The fourth-order valence-electron chi connectivity index (χ4n) is 2.60. The molecule has 7 N–H and O–H groups in total. The molecule has 0 aliphatic heterocycles. The van der Waals surface area contributed by atoms with E-state index in [1.165, 1.54) is 36.4 Å². The predicted octanol–water partition coefficient (Wildman–Crippen LogP) is 4.80. The quantitative estimate of drug-likeness (QED) is 0.232. The maximum atomic E-state index is 10.3. The third-order valence-corrected chi connectivity index (χ3v) is 4.59. The van der Waals surface area contributed by atoms with Crippen LogP contribution in [0.4, 0.5) is 22.7 Å². The Kier molecular flexibility index (Phi) is 5.60. The number of aliphatic hydroxyl groups is 1. The highest BCUT2D eigenvalue weighted by molar-refractivity contribution is 6.32. The normalized spacial score (nSPS) is 10.7. The number of anilines is 4. The summed E-state index contributed by atoms with van der Waals surface area (Å²) in [6.45, 7) is -0.524. The molecule has 9 heteroatoms. The Bertz CT molecular complexity index is 966. The number of phenolic OH excluding ortho intramolecular Hbond substituents is 4. The molecule has 0 saturated carbocycles. The molecule has 0 heterocycles. The first-order valence-corrected chi connectivity index (χ1v) is 8.75. The van der Waals surface area contributed by atoms with Crippen LogP contribution >= 0.6 is 23.2 Å². The number of benzene rings is 3. The van der Waals surface area contributed by atoms with Crippen LogP contribution in [0.25, 0.3) is 0 Å². The Morgan fingerprint density at radius 2 is 1.07 bits per heavy atom. The van der Waals surface area contributed by atoms with E-state index < -0.39 is 6.61 Å². The van der Waals surface area contributed by atoms with Crippen LogP contribution in [0.1, 0.15) is 5.56 Å². The van der Waals surface area contributed by atoms with Crippen LogP contribution < -0.4 is 10.6 Å². The van der Waals surface area contributed by atoms with Crippen LogP contribution in [0, 0.1) is 0 Å². The average Bonchev–Trinajstić information content (AvgIpc) is 2.65. The van der Waals surface area contributed by atoms with E-state index in [4.69, 9.17) is 23.2 Å². The molecule has 7 nitrogen and oxygen atoms in total. The highest BCUT2D eigenvalue weighted by Crippen LogP contribution is 2.43. The van der Waals surface area contributed by atoms with Crippen molar-refractivity contribution in [3.05, 3.63) is 58.1 Å². The van der Waals surface area contributed by atoms with Gasteiger partial charge in [0.15, 0.2) is 0 Å². The number of phenols is 4. The van der Waals surface area contributed by atoms with Crippen molar-refractivity contribution >= 4 is 46.0 Å². The fraction of sp³-hybridized carbons (Fsp3) is 0.0526. The van der Waals surface area contributed by atoms with Gasteiger partial charge in [-0.25, -0.2) is 0 Å². The molecule has 0 atom stereocenters. The lowest BCUT2D eigenvalue weighted by Crippen LogP contribution is -2.03. The van der Waals surface area contributed by atoms with Gasteiger partial charge in [0.1, 0.15) is 23.0 Å². The van der Waals surface area contributed by atoms with Gasteiger partial charge in [0, 0.05) is 23.0 Å². The second kappa shape index (κ2) is 7.93. The largest absolute Gasteiger partial charge is 0.506 e. The van der Waals surface area contributed by atoms with E-state index >= 15 is 0 Å².